The fraction of sp³-hybridized carbons (Fsp3) is 0.300. The molecule has 82 valence electrons. The molecule has 0 aromatic heterocycles. The topological polar surface area (TPSA) is 35.5 Å². The SMILES string of the molecule is O=C(COc1ccc(Cl)cc1)OCCI. The summed E-state index contributed by atoms with van der Waals surface area (Å²) in [6.07, 6.45) is 0. The Morgan fingerprint density at radius 1 is 1.33 bits per heavy atom. The lowest BCUT2D eigenvalue weighted by atomic mass is 10.3. The summed E-state index contributed by atoms with van der Waals surface area (Å²) < 4.78 is 10.8. The van der Waals surface area contributed by atoms with Gasteiger partial charge in [0.2, 0.25) is 0 Å². The van der Waals surface area contributed by atoms with Gasteiger partial charge in [-0.05, 0) is 24.3 Å². The van der Waals surface area contributed by atoms with Crippen LogP contribution in [0.3, 0.4) is 0 Å². The summed E-state index contributed by atoms with van der Waals surface area (Å²) in [6, 6.07) is 6.81. The van der Waals surface area contributed by atoms with Crippen molar-refractivity contribution >= 4 is 40.2 Å². The molecular formula is C10H10ClIO3. The van der Waals surface area contributed by atoms with Crippen LogP contribution in [0.5, 0.6) is 5.75 Å². The number of hydrogen-bond donors (Lipinski definition) is 0. The quantitative estimate of drug-likeness (QED) is 0.470. The Hall–Kier alpha value is -0.490. The predicted octanol–water partition coefficient (Wildman–Crippen LogP) is 2.70. The molecule has 0 atom stereocenters. The van der Waals surface area contributed by atoms with Crippen molar-refractivity contribution < 1.29 is 14.3 Å². The van der Waals surface area contributed by atoms with Crippen LogP contribution in [-0.2, 0) is 9.53 Å². The van der Waals surface area contributed by atoms with Crippen molar-refractivity contribution in [2.24, 2.45) is 0 Å². The summed E-state index contributed by atoms with van der Waals surface area (Å²) in [7, 11) is 0. The maximum atomic E-state index is 11.1. The first-order chi connectivity index (χ1) is 7.22. The van der Waals surface area contributed by atoms with Gasteiger partial charge >= 0.3 is 5.97 Å². The van der Waals surface area contributed by atoms with Crippen LogP contribution >= 0.6 is 34.2 Å². The first-order valence-corrected chi connectivity index (χ1v) is 6.22. The van der Waals surface area contributed by atoms with Gasteiger partial charge in [-0.25, -0.2) is 4.79 Å². The molecule has 0 aliphatic heterocycles. The second kappa shape index (κ2) is 6.90. The zero-order chi connectivity index (χ0) is 11.1. The minimum atomic E-state index is -0.360. The van der Waals surface area contributed by atoms with Gasteiger partial charge in [0.05, 0.1) is 0 Å². The average molecular weight is 341 g/mol. The van der Waals surface area contributed by atoms with Crippen molar-refractivity contribution in [1.82, 2.24) is 0 Å². The van der Waals surface area contributed by atoms with Crippen LogP contribution in [0.2, 0.25) is 5.02 Å². The summed E-state index contributed by atoms with van der Waals surface area (Å²) in [6.45, 7) is 0.349. The normalized spacial score (nSPS) is 9.73. The van der Waals surface area contributed by atoms with E-state index in [1.165, 1.54) is 0 Å². The molecule has 0 aliphatic carbocycles. The highest BCUT2D eigenvalue weighted by Gasteiger charge is 2.03. The van der Waals surface area contributed by atoms with Gasteiger partial charge in [0.15, 0.2) is 6.61 Å². The summed E-state index contributed by atoms with van der Waals surface area (Å²) in [5, 5.41) is 0.634. The summed E-state index contributed by atoms with van der Waals surface area (Å²) in [5.74, 6) is 0.243. The van der Waals surface area contributed by atoms with E-state index in [2.05, 4.69) is 22.6 Å². The molecular weight excluding hydrogens is 330 g/mol. The molecule has 0 heterocycles. The largest absolute Gasteiger partial charge is 0.482 e. The molecule has 5 heteroatoms. The molecule has 0 spiro atoms. The van der Waals surface area contributed by atoms with Gasteiger partial charge in [-0.3, -0.25) is 0 Å². The second-order valence-corrected chi connectivity index (χ2v) is 4.17. The van der Waals surface area contributed by atoms with E-state index in [1.807, 2.05) is 0 Å². The van der Waals surface area contributed by atoms with Gasteiger partial charge in [-0.15, -0.1) is 0 Å². The fourth-order valence-electron chi connectivity index (χ4n) is 0.867. The van der Waals surface area contributed by atoms with Gasteiger partial charge in [-0.2, -0.15) is 0 Å². The third-order valence-corrected chi connectivity index (χ3v) is 2.20. The Morgan fingerprint density at radius 2 is 2.00 bits per heavy atom. The van der Waals surface area contributed by atoms with Gasteiger partial charge < -0.3 is 9.47 Å². The molecule has 0 amide bonds. The molecule has 0 fully saturated rings. The average Bonchev–Trinajstić information content (AvgIpc) is 2.25. The fourth-order valence-corrected chi connectivity index (χ4v) is 1.21. The molecule has 1 rings (SSSR count). The Bertz CT molecular complexity index is 313. The molecule has 0 unspecified atom stereocenters. The summed E-state index contributed by atoms with van der Waals surface area (Å²) in [4.78, 5) is 11.1. The highest BCUT2D eigenvalue weighted by atomic mass is 127. The number of benzene rings is 1. The van der Waals surface area contributed by atoms with Crippen LogP contribution in [0.1, 0.15) is 0 Å². The number of ether oxygens (including phenoxy) is 2. The maximum Gasteiger partial charge on any atom is 0.344 e. The third-order valence-electron chi connectivity index (χ3n) is 1.51. The molecule has 0 bridgehead atoms. The lowest BCUT2D eigenvalue weighted by Gasteiger charge is -2.05. The van der Waals surface area contributed by atoms with E-state index in [0.717, 1.165) is 4.43 Å². The van der Waals surface area contributed by atoms with Crippen molar-refractivity contribution in [3.05, 3.63) is 29.3 Å². The van der Waals surface area contributed by atoms with Crippen LogP contribution < -0.4 is 4.74 Å². The summed E-state index contributed by atoms with van der Waals surface area (Å²) in [5.41, 5.74) is 0. The Morgan fingerprint density at radius 3 is 2.60 bits per heavy atom. The second-order valence-electron chi connectivity index (χ2n) is 2.65. The van der Waals surface area contributed by atoms with Crippen molar-refractivity contribution in [2.75, 3.05) is 17.6 Å². The van der Waals surface area contributed by atoms with E-state index < -0.39 is 0 Å². The molecule has 0 saturated heterocycles. The van der Waals surface area contributed by atoms with Crippen molar-refractivity contribution in [3.8, 4) is 5.75 Å². The lowest BCUT2D eigenvalue weighted by molar-refractivity contribution is -0.145. The summed E-state index contributed by atoms with van der Waals surface area (Å²) >= 11 is 7.83. The zero-order valence-corrected chi connectivity index (χ0v) is 10.8. The van der Waals surface area contributed by atoms with Gasteiger partial charge in [0.1, 0.15) is 12.4 Å². The molecule has 3 nitrogen and oxygen atoms in total. The first-order valence-electron chi connectivity index (χ1n) is 4.32. The molecule has 1 aromatic rings. The highest BCUT2D eigenvalue weighted by Crippen LogP contribution is 2.15. The molecule has 0 saturated carbocycles. The molecule has 0 N–H and O–H groups in total. The van der Waals surface area contributed by atoms with Gasteiger partial charge in [0, 0.05) is 9.45 Å². The highest BCUT2D eigenvalue weighted by molar-refractivity contribution is 14.1. The van der Waals surface area contributed by atoms with Crippen molar-refractivity contribution in [2.45, 2.75) is 0 Å². The van der Waals surface area contributed by atoms with E-state index in [1.54, 1.807) is 24.3 Å². The molecule has 0 aliphatic rings. The Kier molecular flexibility index (Phi) is 5.78. The minimum Gasteiger partial charge on any atom is -0.482 e. The predicted molar refractivity (Wildman–Crippen MR) is 66.8 cm³/mol. The van der Waals surface area contributed by atoms with Crippen LogP contribution in [-0.4, -0.2) is 23.6 Å². The van der Waals surface area contributed by atoms with Crippen LogP contribution in [0.4, 0.5) is 0 Å². The number of alkyl halides is 1. The van der Waals surface area contributed by atoms with E-state index in [0.29, 0.717) is 17.4 Å². The molecule has 1 aromatic carbocycles. The van der Waals surface area contributed by atoms with Crippen molar-refractivity contribution in [3.63, 3.8) is 0 Å². The zero-order valence-electron chi connectivity index (χ0n) is 7.91. The Balaban J connectivity index is 2.30. The van der Waals surface area contributed by atoms with Gasteiger partial charge in [-0.1, -0.05) is 34.2 Å². The number of rotatable bonds is 5. The smallest absolute Gasteiger partial charge is 0.344 e. The monoisotopic (exact) mass is 340 g/mol. The van der Waals surface area contributed by atoms with Crippen LogP contribution in [0, 0.1) is 0 Å². The number of carbonyl (C=O) groups is 1. The number of esters is 1. The first kappa shape index (κ1) is 12.6. The van der Waals surface area contributed by atoms with E-state index in [9.17, 15) is 4.79 Å². The molecule has 15 heavy (non-hydrogen) atoms. The van der Waals surface area contributed by atoms with E-state index in [-0.39, 0.29) is 12.6 Å². The number of hydrogen-bond acceptors (Lipinski definition) is 3. The van der Waals surface area contributed by atoms with E-state index >= 15 is 0 Å². The standard InChI is InChI=1S/C10H10ClIO3/c11-8-1-3-9(4-2-8)15-7-10(13)14-6-5-12/h1-4H,5-7H2. The third kappa shape index (κ3) is 5.22. The number of halogens is 2. The Labute approximate surface area is 107 Å². The van der Waals surface area contributed by atoms with E-state index in [4.69, 9.17) is 21.1 Å². The molecule has 0 radical (unpaired) electrons. The number of carbonyl (C=O) groups excluding carboxylic acids is 1. The van der Waals surface area contributed by atoms with Gasteiger partial charge in [0.25, 0.3) is 0 Å². The van der Waals surface area contributed by atoms with Crippen LogP contribution in [0.15, 0.2) is 24.3 Å². The minimum absolute atomic E-state index is 0.0712. The van der Waals surface area contributed by atoms with Crippen LogP contribution in [0.25, 0.3) is 0 Å². The lowest BCUT2D eigenvalue weighted by Crippen LogP contribution is -2.15. The van der Waals surface area contributed by atoms with Crippen molar-refractivity contribution in [1.29, 1.82) is 0 Å². The maximum absolute atomic E-state index is 11.1.